The molecule has 0 bridgehead atoms. The van der Waals surface area contributed by atoms with Crippen LogP contribution in [0.3, 0.4) is 0 Å². The zero-order chi connectivity index (χ0) is 25.6. The molecule has 4 nitrogen and oxygen atoms in total. The SMILES string of the molecule is C=CC(CC(=NC(C)CC)c1ccc(/C=C/C=C(\C=C/C)C(C)(C)C#N)cc1)CC(C)NC=O. The fraction of sp³-hybridized carbons (Fsp3) is 0.433. The third kappa shape index (κ3) is 9.75. The number of nitrogens with zero attached hydrogens (tertiary/aromatic N) is 2. The second-order valence-electron chi connectivity index (χ2n) is 9.29. The molecule has 1 N–H and O–H groups in total. The van der Waals surface area contributed by atoms with Crippen LogP contribution in [0.4, 0.5) is 0 Å². The summed E-state index contributed by atoms with van der Waals surface area (Å²) >= 11 is 0. The summed E-state index contributed by atoms with van der Waals surface area (Å²) in [6, 6.07) is 11.1. The predicted molar refractivity (Wildman–Crippen MR) is 146 cm³/mol. The van der Waals surface area contributed by atoms with Crippen molar-refractivity contribution in [1.29, 1.82) is 5.26 Å². The molecule has 0 aliphatic rings. The molecule has 182 valence electrons. The Labute approximate surface area is 206 Å². The van der Waals surface area contributed by atoms with Crippen molar-refractivity contribution in [3.05, 3.63) is 77.9 Å². The van der Waals surface area contributed by atoms with Crippen LogP contribution in [0.5, 0.6) is 0 Å². The summed E-state index contributed by atoms with van der Waals surface area (Å²) in [7, 11) is 0. The molecule has 0 saturated heterocycles. The molecule has 0 aliphatic heterocycles. The second kappa shape index (κ2) is 14.9. The lowest BCUT2D eigenvalue weighted by Gasteiger charge is -2.19. The fourth-order valence-electron chi connectivity index (χ4n) is 3.52. The highest BCUT2D eigenvalue weighted by Crippen LogP contribution is 2.26. The van der Waals surface area contributed by atoms with Gasteiger partial charge in [-0.3, -0.25) is 9.79 Å². The smallest absolute Gasteiger partial charge is 0.207 e. The van der Waals surface area contributed by atoms with E-state index in [9.17, 15) is 10.1 Å². The van der Waals surface area contributed by atoms with Crippen LogP contribution < -0.4 is 5.32 Å². The van der Waals surface area contributed by atoms with E-state index < -0.39 is 5.41 Å². The summed E-state index contributed by atoms with van der Waals surface area (Å²) < 4.78 is 0. The van der Waals surface area contributed by atoms with Gasteiger partial charge in [0.15, 0.2) is 0 Å². The van der Waals surface area contributed by atoms with Crippen molar-refractivity contribution in [2.24, 2.45) is 16.3 Å². The van der Waals surface area contributed by atoms with E-state index in [2.05, 4.69) is 56.1 Å². The highest BCUT2D eigenvalue weighted by Gasteiger charge is 2.19. The quantitative estimate of drug-likeness (QED) is 0.140. The zero-order valence-electron chi connectivity index (χ0n) is 21.7. The van der Waals surface area contributed by atoms with Gasteiger partial charge in [-0.2, -0.15) is 5.26 Å². The number of aliphatic imine (C=N–C) groups is 1. The van der Waals surface area contributed by atoms with Crippen LogP contribution >= 0.6 is 0 Å². The molecule has 4 heteroatoms. The van der Waals surface area contributed by atoms with E-state index in [0.717, 1.165) is 48.1 Å². The standard InChI is InChI=1S/C30H41N3O/c1-8-12-28(30(6,7)21-31)14-11-13-26-15-17-27(18-16-26)29(33-23(4)9-2)20-25(10-3)19-24(5)32-22-34/h8,10-18,22-25H,3,9,19-20H2,1-2,4-7H3,(H,32,34)/b12-8-,13-11+,28-14+,33-29?. The molecule has 0 radical (unpaired) electrons. The molecule has 3 unspecified atom stereocenters. The maximum absolute atomic E-state index is 10.8. The molecule has 1 aromatic rings. The topological polar surface area (TPSA) is 65.2 Å². The molecule has 1 rings (SSSR count). The lowest BCUT2D eigenvalue weighted by atomic mass is 9.85. The van der Waals surface area contributed by atoms with Crippen LogP contribution in [-0.2, 0) is 4.79 Å². The van der Waals surface area contributed by atoms with Gasteiger partial charge in [-0.15, -0.1) is 6.58 Å². The van der Waals surface area contributed by atoms with E-state index >= 15 is 0 Å². The molecule has 0 aromatic heterocycles. The molecule has 1 aromatic carbocycles. The maximum Gasteiger partial charge on any atom is 0.207 e. The molecular formula is C30H41N3O. The number of carbonyl (C=O) groups is 1. The lowest BCUT2D eigenvalue weighted by molar-refractivity contribution is -0.110. The first-order valence-corrected chi connectivity index (χ1v) is 12.1. The molecule has 0 heterocycles. The Morgan fingerprint density at radius 1 is 1.26 bits per heavy atom. The number of hydrogen-bond acceptors (Lipinski definition) is 3. The number of amides is 1. The van der Waals surface area contributed by atoms with E-state index in [0.29, 0.717) is 0 Å². The molecule has 1 amide bonds. The average Bonchev–Trinajstić information content (AvgIpc) is 2.82. The zero-order valence-corrected chi connectivity index (χ0v) is 21.7. The Kier molecular flexibility index (Phi) is 12.6. The Balaban J connectivity index is 3.12. The van der Waals surface area contributed by atoms with Crippen LogP contribution in [0.1, 0.15) is 71.9 Å². The van der Waals surface area contributed by atoms with Crippen LogP contribution in [0.2, 0.25) is 0 Å². The first-order chi connectivity index (χ1) is 16.2. The third-order valence-electron chi connectivity index (χ3n) is 5.92. The number of carbonyl (C=O) groups excluding carboxylic acids is 1. The van der Waals surface area contributed by atoms with E-state index in [1.807, 2.05) is 64.2 Å². The van der Waals surface area contributed by atoms with Crippen LogP contribution in [-0.4, -0.2) is 24.2 Å². The Bertz CT molecular complexity index is 942. The van der Waals surface area contributed by atoms with Crippen molar-refractivity contribution in [3.63, 3.8) is 0 Å². The van der Waals surface area contributed by atoms with Crippen molar-refractivity contribution < 1.29 is 4.79 Å². The summed E-state index contributed by atoms with van der Waals surface area (Å²) in [4.78, 5) is 15.8. The van der Waals surface area contributed by atoms with Crippen molar-refractivity contribution in [1.82, 2.24) is 5.32 Å². The fourth-order valence-corrected chi connectivity index (χ4v) is 3.52. The summed E-state index contributed by atoms with van der Waals surface area (Å²) in [5, 5.41) is 12.3. The van der Waals surface area contributed by atoms with Gasteiger partial charge in [-0.05, 0) is 76.5 Å². The van der Waals surface area contributed by atoms with Crippen LogP contribution in [0.25, 0.3) is 6.08 Å². The number of hydrogen-bond donors (Lipinski definition) is 1. The molecule has 0 spiro atoms. The number of nitrogens with one attached hydrogen (secondary N) is 1. The molecular weight excluding hydrogens is 418 g/mol. The Morgan fingerprint density at radius 2 is 1.94 bits per heavy atom. The van der Waals surface area contributed by atoms with Gasteiger partial charge in [0, 0.05) is 17.8 Å². The van der Waals surface area contributed by atoms with Gasteiger partial charge in [-0.25, -0.2) is 0 Å². The van der Waals surface area contributed by atoms with Gasteiger partial charge in [0.1, 0.15) is 0 Å². The summed E-state index contributed by atoms with van der Waals surface area (Å²) in [6.45, 7) is 16.1. The van der Waals surface area contributed by atoms with E-state index in [1.54, 1.807) is 0 Å². The second-order valence-corrected chi connectivity index (χ2v) is 9.29. The summed E-state index contributed by atoms with van der Waals surface area (Å²) in [5.41, 5.74) is 3.70. The average molecular weight is 460 g/mol. The number of nitriles is 1. The number of benzene rings is 1. The van der Waals surface area contributed by atoms with Gasteiger partial charge in [0.25, 0.3) is 0 Å². The number of rotatable bonds is 14. The molecule has 0 saturated carbocycles. The van der Waals surface area contributed by atoms with Gasteiger partial charge in [0.2, 0.25) is 6.41 Å². The van der Waals surface area contributed by atoms with Crippen LogP contribution in [0, 0.1) is 22.7 Å². The first-order valence-electron chi connectivity index (χ1n) is 12.1. The van der Waals surface area contributed by atoms with Crippen molar-refractivity contribution in [2.45, 2.75) is 72.9 Å². The Hall–Kier alpha value is -3.19. The van der Waals surface area contributed by atoms with Crippen molar-refractivity contribution in [3.8, 4) is 6.07 Å². The highest BCUT2D eigenvalue weighted by molar-refractivity contribution is 6.01. The van der Waals surface area contributed by atoms with E-state index in [4.69, 9.17) is 4.99 Å². The predicted octanol–water partition coefficient (Wildman–Crippen LogP) is 7.06. The van der Waals surface area contributed by atoms with Gasteiger partial charge in [-0.1, -0.05) is 67.6 Å². The largest absolute Gasteiger partial charge is 0.356 e. The summed E-state index contributed by atoms with van der Waals surface area (Å²) in [6.07, 6.45) is 15.3. The highest BCUT2D eigenvalue weighted by atomic mass is 16.1. The molecule has 3 atom stereocenters. The number of allylic oxidation sites excluding steroid dienone is 6. The van der Waals surface area contributed by atoms with Crippen molar-refractivity contribution >= 4 is 18.2 Å². The lowest BCUT2D eigenvalue weighted by Crippen LogP contribution is -2.27. The van der Waals surface area contributed by atoms with Gasteiger partial charge < -0.3 is 5.32 Å². The van der Waals surface area contributed by atoms with Gasteiger partial charge in [0.05, 0.1) is 11.5 Å². The minimum atomic E-state index is -0.539. The minimum Gasteiger partial charge on any atom is -0.356 e. The normalized spacial score (nSPS) is 15.7. The minimum absolute atomic E-state index is 0.0874. The molecule has 34 heavy (non-hydrogen) atoms. The first kappa shape index (κ1) is 28.8. The maximum atomic E-state index is 10.8. The molecule has 0 fully saturated rings. The monoisotopic (exact) mass is 459 g/mol. The summed E-state index contributed by atoms with van der Waals surface area (Å²) in [5.74, 6) is 0.225. The Morgan fingerprint density at radius 3 is 2.47 bits per heavy atom. The van der Waals surface area contributed by atoms with Crippen LogP contribution in [0.15, 0.2) is 71.8 Å². The van der Waals surface area contributed by atoms with Gasteiger partial charge >= 0.3 is 0 Å². The molecule has 0 aliphatic carbocycles. The van der Waals surface area contributed by atoms with Crippen molar-refractivity contribution in [2.75, 3.05) is 0 Å². The van der Waals surface area contributed by atoms with E-state index in [1.165, 1.54) is 0 Å². The van der Waals surface area contributed by atoms with E-state index in [-0.39, 0.29) is 18.0 Å². The third-order valence-corrected chi connectivity index (χ3v) is 5.92.